The highest BCUT2D eigenvalue weighted by atomic mass is 16.7. The Balaban J connectivity index is 1.73. The molecule has 2 aliphatic carbocycles. The minimum absolute atomic E-state index is 0.133. The van der Waals surface area contributed by atoms with E-state index in [-0.39, 0.29) is 11.4 Å². The van der Waals surface area contributed by atoms with Crippen LogP contribution in [0.3, 0.4) is 0 Å². The van der Waals surface area contributed by atoms with Gasteiger partial charge < -0.3 is 10.6 Å². The number of hydrogen-bond donors (Lipinski definition) is 1. The highest BCUT2D eigenvalue weighted by Crippen LogP contribution is 2.59. The SMILES string of the molecule is CCC1=C[C@H]2[C@@H](C1)C[C@@]2(CN)CC1=NOC(=O)C1. The topological polar surface area (TPSA) is 64.7 Å². The summed E-state index contributed by atoms with van der Waals surface area (Å²) in [4.78, 5) is 15.8. The molecule has 0 radical (unpaired) electrons. The number of fused-ring (bicyclic) bond motifs is 1. The maximum Gasteiger partial charge on any atom is 0.340 e. The summed E-state index contributed by atoms with van der Waals surface area (Å²) >= 11 is 0. The van der Waals surface area contributed by atoms with E-state index in [2.05, 4.69) is 23.0 Å². The summed E-state index contributed by atoms with van der Waals surface area (Å²) in [5.74, 6) is 1.14. The Hall–Kier alpha value is -1.16. The summed E-state index contributed by atoms with van der Waals surface area (Å²) in [6, 6.07) is 0. The fourth-order valence-electron chi connectivity index (χ4n) is 3.89. The number of hydrogen-bond acceptors (Lipinski definition) is 4. The van der Waals surface area contributed by atoms with Crippen molar-refractivity contribution in [2.75, 3.05) is 6.54 Å². The molecule has 0 aromatic carbocycles. The molecule has 0 unspecified atom stereocenters. The molecule has 0 aromatic rings. The zero-order chi connectivity index (χ0) is 12.8. The van der Waals surface area contributed by atoms with Crippen LogP contribution >= 0.6 is 0 Å². The molecule has 0 bridgehead atoms. The number of allylic oxidation sites excluding steroid dienone is 2. The molecule has 2 N–H and O–H groups in total. The van der Waals surface area contributed by atoms with Crippen molar-refractivity contribution in [1.82, 2.24) is 0 Å². The number of nitrogens with zero attached hydrogens (tertiary/aromatic N) is 1. The smallest absolute Gasteiger partial charge is 0.330 e. The molecule has 0 amide bonds. The fraction of sp³-hybridized carbons (Fsp3) is 0.714. The molecule has 18 heavy (non-hydrogen) atoms. The van der Waals surface area contributed by atoms with Gasteiger partial charge in [0.05, 0.1) is 12.1 Å². The Morgan fingerprint density at radius 3 is 3.06 bits per heavy atom. The third-order valence-electron chi connectivity index (χ3n) is 4.87. The van der Waals surface area contributed by atoms with Gasteiger partial charge in [0.15, 0.2) is 0 Å². The van der Waals surface area contributed by atoms with Gasteiger partial charge in [0.1, 0.15) is 0 Å². The molecule has 4 nitrogen and oxygen atoms in total. The van der Waals surface area contributed by atoms with Crippen molar-refractivity contribution >= 4 is 11.7 Å². The Bertz CT molecular complexity index is 441. The van der Waals surface area contributed by atoms with Gasteiger partial charge in [0, 0.05) is 0 Å². The van der Waals surface area contributed by atoms with Gasteiger partial charge in [0.2, 0.25) is 0 Å². The van der Waals surface area contributed by atoms with Crippen LogP contribution in [-0.2, 0) is 9.63 Å². The van der Waals surface area contributed by atoms with Crippen molar-refractivity contribution in [2.45, 2.75) is 39.0 Å². The van der Waals surface area contributed by atoms with Gasteiger partial charge >= 0.3 is 5.97 Å². The van der Waals surface area contributed by atoms with Gasteiger partial charge in [-0.25, -0.2) is 4.79 Å². The average Bonchev–Trinajstić information content (AvgIpc) is 2.91. The second-order valence-corrected chi connectivity index (χ2v) is 5.91. The van der Waals surface area contributed by atoms with Gasteiger partial charge in [-0.15, -0.1) is 0 Å². The van der Waals surface area contributed by atoms with Crippen LogP contribution in [-0.4, -0.2) is 18.2 Å². The van der Waals surface area contributed by atoms with Crippen molar-refractivity contribution in [1.29, 1.82) is 0 Å². The highest BCUT2D eigenvalue weighted by Gasteiger charge is 2.54. The maximum absolute atomic E-state index is 11.1. The first-order valence-electron chi connectivity index (χ1n) is 6.82. The van der Waals surface area contributed by atoms with E-state index >= 15 is 0 Å². The Morgan fingerprint density at radius 2 is 2.44 bits per heavy atom. The standard InChI is InChI=1S/C14H20N2O2/c1-2-9-3-10-6-14(8-15,12(10)4-9)7-11-5-13(17)18-16-11/h4,10,12H,2-3,5-8,15H2,1H3/t10-,12-,14-/m0/s1. The predicted octanol–water partition coefficient (Wildman–Crippen LogP) is 2.00. The van der Waals surface area contributed by atoms with Crippen LogP contribution in [0.15, 0.2) is 16.8 Å². The molecule has 4 heteroatoms. The Labute approximate surface area is 107 Å². The lowest BCUT2D eigenvalue weighted by Crippen LogP contribution is -2.51. The van der Waals surface area contributed by atoms with Crippen molar-refractivity contribution in [2.24, 2.45) is 28.1 Å². The van der Waals surface area contributed by atoms with Gasteiger partial charge in [-0.1, -0.05) is 23.7 Å². The fourth-order valence-corrected chi connectivity index (χ4v) is 3.89. The van der Waals surface area contributed by atoms with Crippen molar-refractivity contribution < 1.29 is 9.63 Å². The molecule has 3 rings (SSSR count). The van der Waals surface area contributed by atoms with E-state index in [0.29, 0.717) is 18.9 Å². The van der Waals surface area contributed by atoms with E-state index in [4.69, 9.17) is 5.73 Å². The van der Waals surface area contributed by atoms with Crippen LogP contribution < -0.4 is 5.73 Å². The average molecular weight is 248 g/mol. The number of oxime groups is 1. The zero-order valence-electron chi connectivity index (χ0n) is 10.8. The monoisotopic (exact) mass is 248 g/mol. The molecule has 1 aliphatic heterocycles. The molecule has 0 saturated heterocycles. The molecule has 1 saturated carbocycles. The Kier molecular flexibility index (Phi) is 2.77. The van der Waals surface area contributed by atoms with Crippen molar-refractivity contribution in [3.8, 4) is 0 Å². The Morgan fingerprint density at radius 1 is 1.61 bits per heavy atom. The van der Waals surface area contributed by atoms with Crippen molar-refractivity contribution in [3.63, 3.8) is 0 Å². The van der Waals surface area contributed by atoms with Gasteiger partial charge in [-0.3, -0.25) is 0 Å². The molecule has 0 spiro atoms. The van der Waals surface area contributed by atoms with Gasteiger partial charge in [-0.05, 0) is 49.5 Å². The van der Waals surface area contributed by atoms with Crippen LogP contribution in [0.25, 0.3) is 0 Å². The van der Waals surface area contributed by atoms with E-state index in [1.165, 1.54) is 12.8 Å². The van der Waals surface area contributed by atoms with E-state index in [1.807, 2.05) is 0 Å². The van der Waals surface area contributed by atoms with E-state index < -0.39 is 0 Å². The molecular formula is C14H20N2O2. The second-order valence-electron chi connectivity index (χ2n) is 5.91. The maximum atomic E-state index is 11.1. The van der Waals surface area contributed by atoms with Gasteiger partial charge in [-0.2, -0.15) is 0 Å². The largest absolute Gasteiger partial charge is 0.340 e. The van der Waals surface area contributed by atoms with Crippen LogP contribution in [0.5, 0.6) is 0 Å². The minimum Gasteiger partial charge on any atom is -0.330 e. The van der Waals surface area contributed by atoms with Crippen LogP contribution in [0.1, 0.15) is 39.0 Å². The van der Waals surface area contributed by atoms with E-state index in [1.54, 1.807) is 5.57 Å². The highest BCUT2D eigenvalue weighted by molar-refractivity contribution is 6.02. The first-order chi connectivity index (χ1) is 8.66. The normalized spacial score (nSPS) is 37.8. The summed E-state index contributed by atoms with van der Waals surface area (Å²) in [7, 11) is 0. The third kappa shape index (κ3) is 1.70. The lowest BCUT2D eigenvalue weighted by Gasteiger charge is -2.52. The van der Waals surface area contributed by atoms with Crippen molar-refractivity contribution in [3.05, 3.63) is 11.6 Å². The zero-order valence-corrected chi connectivity index (χ0v) is 10.8. The molecule has 0 aromatic heterocycles. The molecule has 98 valence electrons. The second kappa shape index (κ2) is 4.19. The summed E-state index contributed by atoms with van der Waals surface area (Å²) in [6.45, 7) is 2.89. The molecule has 3 aliphatic rings. The predicted molar refractivity (Wildman–Crippen MR) is 68.8 cm³/mol. The number of carbonyl (C=O) groups excluding carboxylic acids is 1. The first-order valence-corrected chi connectivity index (χ1v) is 6.82. The molecule has 3 atom stereocenters. The molecule has 1 fully saturated rings. The molecular weight excluding hydrogens is 228 g/mol. The molecule has 1 heterocycles. The van der Waals surface area contributed by atoms with Gasteiger partial charge in [0.25, 0.3) is 0 Å². The van der Waals surface area contributed by atoms with E-state index in [9.17, 15) is 4.79 Å². The quantitative estimate of drug-likeness (QED) is 0.611. The summed E-state index contributed by atoms with van der Waals surface area (Å²) in [6.07, 6.45) is 7.16. The lowest BCUT2D eigenvalue weighted by molar-refractivity contribution is -0.140. The summed E-state index contributed by atoms with van der Waals surface area (Å²) < 4.78 is 0. The number of nitrogens with two attached hydrogens (primary N) is 1. The van der Waals surface area contributed by atoms with Crippen LogP contribution in [0.4, 0.5) is 0 Å². The lowest BCUT2D eigenvalue weighted by atomic mass is 9.53. The number of carbonyl (C=O) groups is 1. The summed E-state index contributed by atoms with van der Waals surface area (Å²) in [5, 5.41) is 3.88. The first kappa shape index (κ1) is 11.9. The summed E-state index contributed by atoms with van der Waals surface area (Å²) in [5.41, 5.74) is 8.60. The van der Waals surface area contributed by atoms with Crippen LogP contribution in [0.2, 0.25) is 0 Å². The van der Waals surface area contributed by atoms with E-state index in [0.717, 1.165) is 24.5 Å². The number of rotatable bonds is 4. The minimum atomic E-state index is -0.232. The van der Waals surface area contributed by atoms with Crippen LogP contribution in [0, 0.1) is 17.3 Å². The third-order valence-corrected chi connectivity index (χ3v) is 4.87.